The molecule has 1 aromatic carbocycles. The molecule has 6 heteroatoms. The first-order chi connectivity index (χ1) is 9.81. The van der Waals surface area contributed by atoms with Crippen LogP contribution in [-0.2, 0) is 20.0 Å². The third-order valence-electron chi connectivity index (χ3n) is 4.23. The Labute approximate surface area is 129 Å². The topological polar surface area (TPSA) is 71.4 Å². The summed E-state index contributed by atoms with van der Waals surface area (Å²) in [6.07, 6.45) is 7.08. The van der Waals surface area contributed by atoms with Crippen LogP contribution in [0, 0.1) is 0 Å². The molecule has 1 aliphatic carbocycles. The zero-order valence-electron chi connectivity index (χ0n) is 12.3. The van der Waals surface area contributed by atoms with Crippen molar-refractivity contribution in [2.45, 2.75) is 47.3 Å². The molecule has 0 heterocycles. The first-order valence-corrected chi connectivity index (χ1v) is 10.0. The summed E-state index contributed by atoms with van der Waals surface area (Å²) in [7, 11) is -3.30. The Morgan fingerprint density at radius 3 is 2.33 bits per heavy atom. The summed E-state index contributed by atoms with van der Waals surface area (Å²) >= 11 is 1.34. The van der Waals surface area contributed by atoms with Gasteiger partial charge in [-0.05, 0) is 36.8 Å². The molecule has 0 bridgehead atoms. The van der Waals surface area contributed by atoms with Crippen molar-refractivity contribution in [2.24, 2.45) is 0 Å². The molecule has 1 aromatic rings. The number of carbonyl (C=O) groups is 1. The highest BCUT2D eigenvalue weighted by Crippen LogP contribution is 2.41. The van der Waals surface area contributed by atoms with Crippen molar-refractivity contribution >= 4 is 27.6 Å². The van der Waals surface area contributed by atoms with E-state index in [2.05, 4.69) is 0 Å². The van der Waals surface area contributed by atoms with Gasteiger partial charge < -0.3 is 5.11 Å². The second-order valence-corrected chi connectivity index (χ2v) is 8.42. The first-order valence-electron chi connectivity index (χ1n) is 6.93. The van der Waals surface area contributed by atoms with Crippen LogP contribution in [0.15, 0.2) is 28.0 Å². The number of hydrogen-bond acceptors (Lipinski definition) is 4. The van der Waals surface area contributed by atoms with Crippen LogP contribution < -0.4 is 0 Å². The van der Waals surface area contributed by atoms with E-state index in [0.29, 0.717) is 17.7 Å². The SMILES string of the molecule is CSc1cc(C2(C(=O)O)CCCCC2)ccc1S(C)(=O)=O. The number of carboxylic acids is 1. The largest absolute Gasteiger partial charge is 0.481 e. The molecule has 116 valence electrons. The first kappa shape index (κ1) is 16.4. The van der Waals surface area contributed by atoms with Gasteiger partial charge in [0.1, 0.15) is 0 Å². The van der Waals surface area contributed by atoms with E-state index in [0.717, 1.165) is 24.8 Å². The van der Waals surface area contributed by atoms with Crippen LogP contribution in [-0.4, -0.2) is 32.0 Å². The van der Waals surface area contributed by atoms with Gasteiger partial charge in [0.25, 0.3) is 0 Å². The van der Waals surface area contributed by atoms with Crippen molar-refractivity contribution in [1.29, 1.82) is 0 Å². The number of aliphatic carboxylic acids is 1. The zero-order valence-corrected chi connectivity index (χ0v) is 13.9. The Kier molecular flexibility index (Phi) is 4.68. The third-order valence-corrected chi connectivity index (χ3v) is 6.29. The van der Waals surface area contributed by atoms with Gasteiger partial charge in [0, 0.05) is 11.2 Å². The van der Waals surface area contributed by atoms with E-state index in [-0.39, 0.29) is 4.90 Å². The maximum Gasteiger partial charge on any atom is 0.314 e. The Morgan fingerprint density at radius 2 is 1.86 bits per heavy atom. The van der Waals surface area contributed by atoms with Gasteiger partial charge in [-0.25, -0.2) is 8.42 Å². The molecule has 1 N–H and O–H groups in total. The lowest BCUT2D eigenvalue weighted by molar-refractivity contribution is -0.145. The van der Waals surface area contributed by atoms with E-state index in [4.69, 9.17) is 0 Å². The minimum absolute atomic E-state index is 0.273. The van der Waals surface area contributed by atoms with E-state index < -0.39 is 21.2 Å². The molecular weight excluding hydrogens is 308 g/mol. The zero-order chi connectivity index (χ0) is 15.7. The average molecular weight is 328 g/mol. The Balaban J connectivity index is 2.56. The lowest BCUT2D eigenvalue weighted by Crippen LogP contribution is -2.37. The summed E-state index contributed by atoms with van der Waals surface area (Å²) in [5, 5.41) is 9.71. The molecule has 4 nitrogen and oxygen atoms in total. The van der Waals surface area contributed by atoms with E-state index in [9.17, 15) is 18.3 Å². The maximum absolute atomic E-state index is 11.8. The highest BCUT2D eigenvalue weighted by atomic mass is 32.2. The quantitative estimate of drug-likeness (QED) is 0.860. The number of hydrogen-bond donors (Lipinski definition) is 1. The summed E-state index contributed by atoms with van der Waals surface area (Å²) in [6.45, 7) is 0. The molecule has 1 saturated carbocycles. The average Bonchev–Trinajstić information content (AvgIpc) is 2.46. The maximum atomic E-state index is 11.8. The molecule has 0 spiro atoms. The Bertz CT molecular complexity index is 644. The lowest BCUT2D eigenvalue weighted by Gasteiger charge is -2.34. The molecule has 0 aromatic heterocycles. The second kappa shape index (κ2) is 6.01. The molecular formula is C15H20O4S2. The molecule has 0 aliphatic heterocycles. The Hall–Kier alpha value is -1.01. The monoisotopic (exact) mass is 328 g/mol. The van der Waals surface area contributed by atoms with Crippen molar-refractivity contribution in [2.75, 3.05) is 12.5 Å². The number of rotatable bonds is 4. The van der Waals surface area contributed by atoms with E-state index in [1.807, 2.05) is 6.26 Å². The van der Waals surface area contributed by atoms with Gasteiger partial charge in [0.15, 0.2) is 9.84 Å². The molecule has 0 saturated heterocycles. The van der Waals surface area contributed by atoms with Crippen LogP contribution in [0.25, 0.3) is 0 Å². The standard InChI is InChI=1S/C15H20O4S2/c1-20-12-10-11(6-7-13(12)21(2,18)19)15(14(16)17)8-4-3-5-9-15/h6-7,10H,3-5,8-9H2,1-2H3,(H,16,17). The van der Waals surface area contributed by atoms with Crippen LogP contribution in [0.1, 0.15) is 37.7 Å². The molecule has 1 aliphatic rings. The van der Waals surface area contributed by atoms with Gasteiger partial charge in [-0.1, -0.05) is 25.3 Å². The van der Waals surface area contributed by atoms with Gasteiger partial charge in [-0.2, -0.15) is 0 Å². The molecule has 0 unspecified atom stereocenters. The third kappa shape index (κ3) is 3.11. The molecule has 0 atom stereocenters. The lowest BCUT2D eigenvalue weighted by atomic mass is 9.69. The molecule has 1 fully saturated rings. The van der Waals surface area contributed by atoms with Crippen molar-refractivity contribution < 1.29 is 18.3 Å². The van der Waals surface area contributed by atoms with Crippen molar-refractivity contribution in [3.8, 4) is 0 Å². The fourth-order valence-corrected chi connectivity index (χ4v) is 5.01. The molecule has 0 radical (unpaired) electrons. The highest BCUT2D eigenvalue weighted by molar-refractivity contribution is 7.99. The van der Waals surface area contributed by atoms with Crippen molar-refractivity contribution in [1.82, 2.24) is 0 Å². The van der Waals surface area contributed by atoms with Crippen LogP contribution in [0.2, 0.25) is 0 Å². The van der Waals surface area contributed by atoms with Gasteiger partial charge in [0.05, 0.1) is 10.3 Å². The van der Waals surface area contributed by atoms with Crippen molar-refractivity contribution in [3.63, 3.8) is 0 Å². The number of sulfone groups is 1. The fourth-order valence-electron chi connectivity index (χ4n) is 3.05. The predicted molar refractivity (Wildman–Crippen MR) is 83.7 cm³/mol. The summed E-state index contributed by atoms with van der Waals surface area (Å²) in [5.74, 6) is -0.804. The van der Waals surface area contributed by atoms with Crippen molar-refractivity contribution in [3.05, 3.63) is 23.8 Å². The van der Waals surface area contributed by atoms with Gasteiger partial charge in [-0.15, -0.1) is 11.8 Å². The van der Waals surface area contributed by atoms with Gasteiger partial charge in [0.2, 0.25) is 0 Å². The van der Waals surface area contributed by atoms with E-state index in [1.165, 1.54) is 18.0 Å². The number of thioether (sulfide) groups is 1. The number of carboxylic acid groups (broad SMARTS) is 1. The second-order valence-electron chi connectivity index (χ2n) is 5.59. The Morgan fingerprint density at radius 1 is 1.24 bits per heavy atom. The minimum atomic E-state index is -3.30. The minimum Gasteiger partial charge on any atom is -0.481 e. The van der Waals surface area contributed by atoms with Gasteiger partial charge in [-0.3, -0.25) is 4.79 Å². The predicted octanol–water partition coefficient (Wildman–Crippen LogP) is 3.10. The number of benzene rings is 1. The fraction of sp³-hybridized carbons (Fsp3) is 0.533. The summed E-state index contributed by atoms with van der Waals surface area (Å²) in [6, 6.07) is 4.98. The summed E-state index contributed by atoms with van der Waals surface area (Å²) in [5.41, 5.74) is -0.134. The summed E-state index contributed by atoms with van der Waals surface area (Å²) in [4.78, 5) is 12.7. The smallest absolute Gasteiger partial charge is 0.314 e. The van der Waals surface area contributed by atoms with Gasteiger partial charge >= 0.3 is 5.97 Å². The highest BCUT2D eigenvalue weighted by Gasteiger charge is 2.41. The van der Waals surface area contributed by atoms with E-state index >= 15 is 0 Å². The molecule has 2 rings (SSSR count). The molecule has 0 amide bonds. The van der Waals surface area contributed by atoms with Crippen LogP contribution in [0.5, 0.6) is 0 Å². The van der Waals surface area contributed by atoms with Crippen LogP contribution >= 0.6 is 11.8 Å². The van der Waals surface area contributed by atoms with Crippen LogP contribution in [0.3, 0.4) is 0 Å². The summed E-state index contributed by atoms with van der Waals surface area (Å²) < 4.78 is 23.6. The normalized spacial score (nSPS) is 18.4. The van der Waals surface area contributed by atoms with Crippen LogP contribution in [0.4, 0.5) is 0 Å². The molecule has 21 heavy (non-hydrogen) atoms. The van der Waals surface area contributed by atoms with E-state index in [1.54, 1.807) is 18.2 Å².